The van der Waals surface area contributed by atoms with Gasteiger partial charge in [-0.3, -0.25) is 9.78 Å². The number of carbonyl (C=O) groups excluding carboxylic acids is 1. The molecule has 0 spiro atoms. The van der Waals surface area contributed by atoms with Crippen molar-refractivity contribution in [3.8, 4) is 5.75 Å². The Morgan fingerprint density at radius 1 is 1.28 bits per heavy atom. The number of amides is 1. The fourth-order valence-corrected chi connectivity index (χ4v) is 1.66. The van der Waals surface area contributed by atoms with Crippen LogP contribution in [0.25, 0.3) is 0 Å². The van der Waals surface area contributed by atoms with Crippen LogP contribution in [0.5, 0.6) is 5.75 Å². The van der Waals surface area contributed by atoms with Crippen LogP contribution in [0, 0.1) is 0 Å². The molecule has 1 aromatic heterocycles. The van der Waals surface area contributed by atoms with Crippen LogP contribution in [0.4, 0.5) is 5.69 Å². The molecule has 0 saturated carbocycles. The Kier molecular flexibility index (Phi) is 3.91. The summed E-state index contributed by atoms with van der Waals surface area (Å²) >= 11 is 0. The van der Waals surface area contributed by atoms with E-state index in [1.54, 1.807) is 31.6 Å². The van der Waals surface area contributed by atoms with Gasteiger partial charge in [0.1, 0.15) is 5.75 Å². The maximum atomic E-state index is 11.9. The fourth-order valence-electron chi connectivity index (χ4n) is 1.66. The molecule has 1 aromatic carbocycles. The molecule has 0 aliphatic rings. The molecule has 18 heavy (non-hydrogen) atoms. The van der Waals surface area contributed by atoms with Crippen molar-refractivity contribution in [2.45, 2.75) is 6.42 Å². The number of nitrogens with zero attached hydrogens (tertiary/aromatic N) is 1. The number of carbonyl (C=O) groups is 1. The standard InChI is InChI=1S/C14H14N2O2/c1-18-13-7-3-2-5-11(13)9-14(17)16-12-6-4-8-15-10-12/h2-8,10H,9H2,1H3,(H,16,17). The van der Waals surface area contributed by atoms with E-state index in [0.717, 1.165) is 11.3 Å². The molecule has 0 saturated heterocycles. The summed E-state index contributed by atoms with van der Waals surface area (Å²) in [5.41, 5.74) is 1.55. The Morgan fingerprint density at radius 2 is 2.11 bits per heavy atom. The Balaban J connectivity index is 2.03. The van der Waals surface area contributed by atoms with E-state index in [2.05, 4.69) is 10.3 Å². The maximum Gasteiger partial charge on any atom is 0.228 e. The van der Waals surface area contributed by atoms with Crippen molar-refractivity contribution in [3.05, 3.63) is 54.4 Å². The Bertz CT molecular complexity index is 526. The second-order valence-electron chi connectivity index (χ2n) is 3.78. The van der Waals surface area contributed by atoms with Gasteiger partial charge in [0.2, 0.25) is 5.91 Å². The number of nitrogens with one attached hydrogen (secondary N) is 1. The second-order valence-corrected chi connectivity index (χ2v) is 3.78. The number of anilines is 1. The number of ether oxygens (including phenoxy) is 1. The lowest BCUT2D eigenvalue weighted by Gasteiger charge is -2.08. The Labute approximate surface area is 106 Å². The van der Waals surface area contributed by atoms with E-state index in [0.29, 0.717) is 5.69 Å². The van der Waals surface area contributed by atoms with Gasteiger partial charge in [-0.25, -0.2) is 0 Å². The number of benzene rings is 1. The average Bonchev–Trinajstić information content (AvgIpc) is 2.40. The number of rotatable bonds is 4. The van der Waals surface area contributed by atoms with Crippen molar-refractivity contribution in [1.82, 2.24) is 4.98 Å². The minimum absolute atomic E-state index is 0.0903. The lowest BCUT2D eigenvalue weighted by atomic mass is 10.1. The molecular formula is C14H14N2O2. The van der Waals surface area contributed by atoms with Gasteiger partial charge in [-0.05, 0) is 18.2 Å². The first kappa shape index (κ1) is 12.1. The highest BCUT2D eigenvalue weighted by Crippen LogP contribution is 2.18. The highest BCUT2D eigenvalue weighted by atomic mass is 16.5. The molecule has 4 nitrogen and oxygen atoms in total. The van der Waals surface area contributed by atoms with Gasteiger partial charge >= 0.3 is 0 Å². The number of para-hydroxylation sites is 1. The van der Waals surface area contributed by atoms with Crippen LogP contribution in [0.1, 0.15) is 5.56 Å². The zero-order valence-corrected chi connectivity index (χ0v) is 10.1. The van der Waals surface area contributed by atoms with Crippen LogP contribution in [-0.4, -0.2) is 18.0 Å². The summed E-state index contributed by atoms with van der Waals surface area (Å²) in [6.07, 6.45) is 3.55. The molecule has 0 atom stereocenters. The van der Waals surface area contributed by atoms with E-state index in [1.165, 1.54) is 0 Å². The van der Waals surface area contributed by atoms with Gasteiger partial charge in [0.15, 0.2) is 0 Å². The van der Waals surface area contributed by atoms with E-state index >= 15 is 0 Å². The first-order valence-corrected chi connectivity index (χ1v) is 5.61. The quantitative estimate of drug-likeness (QED) is 0.894. The minimum Gasteiger partial charge on any atom is -0.496 e. The van der Waals surface area contributed by atoms with Crippen LogP contribution in [0.2, 0.25) is 0 Å². The van der Waals surface area contributed by atoms with Crippen LogP contribution < -0.4 is 10.1 Å². The third-order valence-corrected chi connectivity index (χ3v) is 2.49. The molecule has 1 N–H and O–H groups in total. The topological polar surface area (TPSA) is 51.2 Å². The van der Waals surface area contributed by atoms with Gasteiger partial charge in [0.05, 0.1) is 25.4 Å². The van der Waals surface area contributed by atoms with Crippen molar-refractivity contribution in [2.24, 2.45) is 0 Å². The molecule has 0 fully saturated rings. The van der Waals surface area contributed by atoms with Gasteiger partial charge in [0.25, 0.3) is 0 Å². The van der Waals surface area contributed by atoms with Gasteiger partial charge in [0, 0.05) is 11.8 Å². The Morgan fingerprint density at radius 3 is 2.83 bits per heavy atom. The smallest absolute Gasteiger partial charge is 0.228 e. The molecule has 1 amide bonds. The lowest BCUT2D eigenvalue weighted by molar-refractivity contribution is -0.115. The molecule has 92 valence electrons. The summed E-state index contributed by atoms with van der Waals surface area (Å²) in [7, 11) is 1.60. The number of hydrogen-bond acceptors (Lipinski definition) is 3. The third kappa shape index (κ3) is 3.07. The summed E-state index contributed by atoms with van der Waals surface area (Å²) in [6, 6.07) is 11.1. The van der Waals surface area contributed by atoms with Crippen molar-refractivity contribution in [3.63, 3.8) is 0 Å². The van der Waals surface area contributed by atoms with Crippen molar-refractivity contribution < 1.29 is 9.53 Å². The molecule has 1 heterocycles. The van der Waals surface area contributed by atoms with Gasteiger partial charge in [-0.1, -0.05) is 18.2 Å². The van der Waals surface area contributed by atoms with Crippen molar-refractivity contribution >= 4 is 11.6 Å². The van der Waals surface area contributed by atoms with Gasteiger partial charge in [-0.2, -0.15) is 0 Å². The molecule has 0 unspecified atom stereocenters. The van der Waals surface area contributed by atoms with Gasteiger partial charge in [-0.15, -0.1) is 0 Å². The SMILES string of the molecule is COc1ccccc1CC(=O)Nc1cccnc1. The molecule has 2 rings (SSSR count). The second kappa shape index (κ2) is 5.82. The molecule has 2 aromatic rings. The summed E-state index contributed by atoms with van der Waals surface area (Å²) in [5.74, 6) is 0.631. The molecule has 4 heteroatoms. The van der Waals surface area contributed by atoms with E-state index < -0.39 is 0 Å². The highest BCUT2D eigenvalue weighted by molar-refractivity contribution is 5.92. The van der Waals surface area contributed by atoms with Crippen molar-refractivity contribution in [2.75, 3.05) is 12.4 Å². The number of aromatic nitrogens is 1. The molecule has 0 aliphatic heterocycles. The zero-order valence-electron chi connectivity index (χ0n) is 10.1. The summed E-state index contributed by atoms with van der Waals surface area (Å²) in [4.78, 5) is 15.8. The van der Waals surface area contributed by atoms with Crippen molar-refractivity contribution in [1.29, 1.82) is 0 Å². The van der Waals surface area contributed by atoms with Crippen LogP contribution in [0.3, 0.4) is 0 Å². The molecule has 0 aliphatic carbocycles. The van der Waals surface area contributed by atoms with Gasteiger partial charge < -0.3 is 10.1 Å². The number of hydrogen-bond donors (Lipinski definition) is 1. The van der Waals surface area contributed by atoms with E-state index in [9.17, 15) is 4.79 Å². The zero-order chi connectivity index (χ0) is 12.8. The van der Waals surface area contributed by atoms with Crippen LogP contribution >= 0.6 is 0 Å². The van der Waals surface area contributed by atoms with Crippen LogP contribution in [-0.2, 0) is 11.2 Å². The fraction of sp³-hybridized carbons (Fsp3) is 0.143. The predicted octanol–water partition coefficient (Wildman–Crippen LogP) is 2.27. The summed E-state index contributed by atoms with van der Waals surface area (Å²) in [6.45, 7) is 0. The molecule has 0 radical (unpaired) electrons. The van der Waals surface area contributed by atoms with E-state index in [-0.39, 0.29) is 12.3 Å². The number of pyridine rings is 1. The number of methoxy groups -OCH3 is 1. The summed E-state index contributed by atoms with van der Waals surface area (Å²) < 4.78 is 5.20. The maximum absolute atomic E-state index is 11.9. The normalized spacial score (nSPS) is 9.83. The van der Waals surface area contributed by atoms with Crippen LogP contribution in [0.15, 0.2) is 48.8 Å². The molecule has 0 bridgehead atoms. The first-order chi connectivity index (χ1) is 8.79. The summed E-state index contributed by atoms with van der Waals surface area (Å²) in [5, 5.41) is 2.78. The lowest BCUT2D eigenvalue weighted by Crippen LogP contribution is -2.14. The molecular weight excluding hydrogens is 228 g/mol. The average molecular weight is 242 g/mol. The highest BCUT2D eigenvalue weighted by Gasteiger charge is 2.08. The minimum atomic E-state index is -0.0903. The predicted molar refractivity (Wildman–Crippen MR) is 69.6 cm³/mol. The van der Waals surface area contributed by atoms with E-state index in [4.69, 9.17) is 4.74 Å². The monoisotopic (exact) mass is 242 g/mol. The third-order valence-electron chi connectivity index (χ3n) is 2.49. The first-order valence-electron chi connectivity index (χ1n) is 5.61. The Hall–Kier alpha value is -2.36. The largest absolute Gasteiger partial charge is 0.496 e. The van der Waals surface area contributed by atoms with E-state index in [1.807, 2.05) is 24.3 Å².